The SMILES string of the molecule is COc1ccc(/C(O)=C2\C(=O)C(=O)N(c3nc4cc(OC)c(OC)cc4[nH]3)C2c2cccs2)cc1Cl. The van der Waals surface area contributed by atoms with Gasteiger partial charge in [0.15, 0.2) is 11.5 Å². The van der Waals surface area contributed by atoms with Crippen LogP contribution in [-0.4, -0.2) is 48.1 Å². The van der Waals surface area contributed by atoms with E-state index in [1.807, 2.05) is 5.38 Å². The van der Waals surface area contributed by atoms with Gasteiger partial charge in [-0.25, -0.2) is 4.98 Å². The van der Waals surface area contributed by atoms with Gasteiger partial charge >= 0.3 is 5.91 Å². The van der Waals surface area contributed by atoms with Crippen molar-refractivity contribution in [3.8, 4) is 17.2 Å². The summed E-state index contributed by atoms with van der Waals surface area (Å²) in [6.45, 7) is 0. The molecular weight excluding hydrogens is 506 g/mol. The number of aliphatic hydroxyl groups excluding tert-OH is 1. The second-order valence-corrected chi connectivity index (χ2v) is 9.21. The molecule has 1 amide bonds. The van der Waals surface area contributed by atoms with Crippen LogP contribution in [0.2, 0.25) is 5.02 Å². The van der Waals surface area contributed by atoms with Crippen LogP contribution < -0.4 is 19.1 Å². The number of aliphatic hydroxyl groups is 1. The van der Waals surface area contributed by atoms with Crippen LogP contribution in [0.5, 0.6) is 17.2 Å². The van der Waals surface area contributed by atoms with Crippen LogP contribution in [0.4, 0.5) is 5.95 Å². The number of carbonyl (C=O) groups is 2. The van der Waals surface area contributed by atoms with Gasteiger partial charge in [0.1, 0.15) is 17.6 Å². The highest BCUT2D eigenvalue weighted by Gasteiger charge is 2.48. The third-order valence-electron chi connectivity index (χ3n) is 5.89. The van der Waals surface area contributed by atoms with Crippen LogP contribution in [0.15, 0.2) is 53.4 Å². The summed E-state index contributed by atoms with van der Waals surface area (Å²) in [7, 11) is 4.50. The lowest BCUT2D eigenvalue weighted by atomic mass is 10.00. The molecule has 0 radical (unpaired) electrons. The normalized spacial score (nSPS) is 17.1. The molecule has 2 N–H and O–H groups in total. The number of imidazole rings is 1. The number of ether oxygens (including phenoxy) is 3. The summed E-state index contributed by atoms with van der Waals surface area (Å²) in [5.74, 6) is -0.506. The van der Waals surface area contributed by atoms with Gasteiger partial charge in [0.25, 0.3) is 5.78 Å². The predicted molar refractivity (Wildman–Crippen MR) is 136 cm³/mol. The van der Waals surface area contributed by atoms with Crippen molar-refractivity contribution in [3.63, 3.8) is 0 Å². The van der Waals surface area contributed by atoms with Gasteiger partial charge in [-0.2, -0.15) is 0 Å². The Labute approximate surface area is 214 Å². The predicted octanol–water partition coefficient (Wildman–Crippen LogP) is 4.93. The first kappa shape index (κ1) is 23.7. The number of anilines is 1. The van der Waals surface area contributed by atoms with E-state index in [1.165, 1.54) is 43.6 Å². The number of benzene rings is 2. The molecule has 1 saturated heterocycles. The number of Topliss-reactive ketones (excluding diaryl/α,β-unsaturated/α-hetero) is 1. The highest BCUT2D eigenvalue weighted by molar-refractivity contribution is 7.10. The Morgan fingerprint density at radius 3 is 2.42 bits per heavy atom. The number of H-pyrrole nitrogens is 1. The summed E-state index contributed by atoms with van der Waals surface area (Å²) >= 11 is 7.59. The molecule has 3 heterocycles. The standard InChI is InChI=1S/C25H20ClN3O6S/c1-33-16-7-6-12(9-13(16)26)22(30)20-21(19-5-4-8-36-19)29(24(32)23(20)31)25-27-14-10-17(34-2)18(35-3)11-15(14)28-25/h4-11,21,30H,1-3H3,(H,27,28)/b22-20+. The van der Waals surface area contributed by atoms with E-state index in [2.05, 4.69) is 9.97 Å². The lowest BCUT2D eigenvalue weighted by molar-refractivity contribution is -0.132. The van der Waals surface area contributed by atoms with Crippen molar-refractivity contribution in [2.45, 2.75) is 6.04 Å². The Morgan fingerprint density at radius 2 is 1.78 bits per heavy atom. The number of methoxy groups -OCH3 is 3. The van der Waals surface area contributed by atoms with Crippen LogP contribution in [0.3, 0.4) is 0 Å². The molecule has 0 spiro atoms. The zero-order valence-corrected chi connectivity index (χ0v) is 20.9. The Bertz CT molecular complexity index is 1490. The Balaban J connectivity index is 1.68. The molecule has 36 heavy (non-hydrogen) atoms. The first-order valence-electron chi connectivity index (χ1n) is 10.7. The molecule has 0 aliphatic carbocycles. The number of aromatic nitrogens is 2. The molecule has 1 aliphatic heterocycles. The minimum absolute atomic E-state index is 0.0701. The number of nitrogens with zero attached hydrogens (tertiary/aromatic N) is 2. The minimum Gasteiger partial charge on any atom is -0.507 e. The van der Waals surface area contributed by atoms with E-state index in [1.54, 1.807) is 36.4 Å². The van der Waals surface area contributed by atoms with Crippen molar-refractivity contribution in [3.05, 3.63) is 68.9 Å². The summed E-state index contributed by atoms with van der Waals surface area (Å²) in [4.78, 5) is 36.2. The van der Waals surface area contributed by atoms with Crippen LogP contribution >= 0.6 is 22.9 Å². The molecular formula is C25H20ClN3O6S. The topological polar surface area (TPSA) is 114 Å². The number of nitrogens with one attached hydrogen (secondary N) is 1. The van der Waals surface area contributed by atoms with E-state index in [4.69, 9.17) is 25.8 Å². The molecule has 1 atom stereocenters. The van der Waals surface area contributed by atoms with Crippen LogP contribution in [0, 0.1) is 0 Å². The van der Waals surface area contributed by atoms with Gasteiger partial charge in [0.05, 0.1) is 43.0 Å². The molecule has 4 aromatic rings. The smallest absolute Gasteiger partial charge is 0.302 e. The summed E-state index contributed by atoms with van der Waals surface area (Å²) in [5, 5.41) is 13.3. The van der Waals surface area contributed by atoms with Gasteiger partial charge in [-0.05, 0) is 29.6 Å². The first-order valence-corrected chi connectivity index (χ1v) is 11.9. The lowest BCUT2D eigenvalue weighted by Gasteiger charge is -2.21. The zero-order chi connectivity index (χ0) is 25.6. The second-order valence-electron chi connectivity index (χ2n) is 7.82. The number of halogens is 1. The zero-order valence-electron chi connectivity index (χ0n) is 19.4. The highest BCUT2D eigenvalue weighted by Crippen LogP contribution is 2.44. The monoisotopic (exact) mass is 525 g/mol. The number of amides is 1. The van der Waals surface area contributed by atoms with Crippen molar-refractivity contribution in [2.24, 2.45) is 0 Å². The van der Waals surface area contributed by atoms with E-state index in [0.29, 0.717) is 33.2 Å². The number of aromatic amines is 1. The Morgan fingerprint density at radius 1 is 1.06 bits per heavy atom. The van der Waals surface area contributed by atoms with Crippen LogP contribution in [0.1, 0.15) is 16.5 Å². The summed E-state index contributed by atoms with van der Waals surface area (Å²) in [5.41, 5.74) is 1.30. The number of hydrogen-bond donors (Lipinski definition) is 2. The fourth-order valence-corrected chi connectivity index (χ4v) is 5.25. The van der Waals surface area contributed by atoms with Gasteiger partial charge < -0.3 is 24.3 Å². The fraction of sp³-hybridized carbons (Fsp3) is 0.160. The molecule has 2 aromatic carbocycles. The third kappa shape index (κ3) is 3.75. The maximum absolute atomic E-state index is 13.3. The third-order valence-corrected chi connectivity index (χ3v) is 7.11. The Hall–Kier alpha value is -4.02. The van der Waals surface area contributed by atoms with Gasteiger partial charge in [-0.1, -0.05) is 17.7 Å². The summed E-state index contributed by atoms with van der Waals surface area (Å²) in [6, 6.07) is 10.7. The molecule has 0 bridgehead atoms. The molecule has 2 aromatic heterocycles. The average molecular weight is 526 g/mol. The molecule has 1 unspecified atom stereocenters. The Kier molecular flexibility index (Phi) is 6.07. The van der Waals surface area contributed by atoms with E-state index in [9.17, 15) is 14.7 Å². The average Bonchev–Trinajstić information content (AvgIpc) is 3.61. The molecule has 9 nitrogen and oxygen atoms in total. The second kappa shape index (κ2) is 9.21. The molecule has 11 heteroatoms. The molecule has 1 fully saturated rings. The molecule has 184 valence electrons. The maximum atomic E-state index is 13.3. The largest absolute Gasteiger partial charge is 0.507 e. The quantitative estimate of drug-likeness (QED) is 0.208. The number of hydrogen-bond acceptors (Lipinski definition) is 8. The maximum Gasteiger partial charge on any atom is 0.302 e. The van der Waals surface area contributed by atoms with Crippen molar-refractivity contribution in [1.29, 1.82) is 0 Å². The molecule has 5 rings (SSSR count). The van der Waals surface area contributed by atoms with Crippen molar-refractivity contribution in [2.75, 3.05) is 26.2 Å². The molecule has 0 saturated carbocycles. The fourth-order valence-electron chi connectivity index (χ4n) is 4.17. The lowest BCUT2D eigenvalue weighted by Crippen LogP contribution is -2.30. The van der Waals surface area contributed by atoms with E-state index in [-0.39, 0.29) is 27.9 Å². The van der Waals surface area contributed by atoms with Crippen molar-refractivity contribution < 1.29 is 28.9 Å². The number of carbonyl (C=O) groups excluding carboxylic acids is 2. The van der Waals surface area contributed by atoms with Gasteiger partial charge in [-0.15, -0.1) is 11.3 Å². The van der Waals surface area contributed by atoms with Gasteiger partial charge in [0.2, 0.25) is 5.95 Å². The van der Waals surface area contributed by atoms with Gasteiger partial charge in [-0.3, -0.25) is 14.5 Å². The minimum atomic E-state index is -0.907. The van der Waals surface area contributed by atoms with E-state index < -0.39 is 17.7 Å². The van der Waals surface area contributed by atoms with Crippen molar-refractivity contribution >= 4 is 57.4 Å². The van der Waals surface area contributed by atoms with Crippen molar-refractivity contribution in [1.82, 2.24) is 9.97 Å². The summed E-state index contributed by atoms with van der Waals surface area (Å²) < 4.78 is 15.9. The number of thiophene rings is 1. The van der Waals surface area contributed by atoms with E-state index in [0.717, 1.165) is 0 Å². The molecule has 1 aliphatic rings. The van der Waals surface area contributed by atoms with Crippen LogP contribution in [-0.2, 0) is 9.59 Å². The summed E-state index contributed by atoms with van der Waals surface area (Å²) in [6.07, 6.45) is 0. The van der Waals surface area contributed by atoms with Crippen LogP contribution in [0.25, 0.3) is 16.8 Å². The first-order chi connectivity index (χ1) is 17.4. The van der Waals surface area contributed by atoms with Gasteiger partial charge in [0, 0.05) is 22.6 Å². The number of fused-ring (bicyclic) bond motifs is 1. The number of ketones is 1. The number of rotatable bonds is 6. The highest BCUT2D eigenvalue weighted by atomic mass is 35.5. The van der Waals surface area contributed by atoms with E-state index >= 15 is 0 Å².